The van der Waals surface area contributed by atoms with Crippen LogP contribution in [0.1, 0.15) is 24.0 Å². The van der Waals surface area contributed by atoms with Crippen molar-refractivity contribution in [3.8, 4) is 5.75 Å². The zero-order valence-electron chi connectivity index (χ0n) is 18.7. The summed E-state index contributed by atoms with van der Waals surface area (Å²) in [6.45, 7) is 1.45. The minimum atomic E-state index is -0.559. The summed E-state index contributed by atoms with van der Waals surface area (Å²) in [6, 6.07) is 15.9. The maximum absolute atomic E-state index is 13.0. The fraction of sp³-hybridized carbons (Fsp3) is 0.346. The molecule has 3 aromatic rings. The summed E-state index contributed by atoms with van der Waals surface area (Å²) in [7, 11) is 0. The first-order valence-corrected chi connectivity index (χ1v) is 11.5. The molecule has 8 heteroatoms. The zero-order valence-corrected chi connectivity index (χ0v) is 18.7. The highest BCUT2D eigenvalue weighted by Crippen LogP contribution is 2.27. The lowest BCUT2D eigenvalue weighted by molar-refractivity contribution is -0.131. The van der Waals surface area contributed by atoms with Gasteiger partial charge in [-0.2, -0.15) is 0 Å². The number of carbonyl (C=O) groups excluding carboxylic acids is 2. The van der Waals surface area contributed by atoms with Gasteiger partial charge < -0.3 is 19.2 Å². The number of likely N-dealkylation sites (tertiary alicyclic amines) is 1. The third-order valence-electron chi connectivity index (χ3n) is 6.68. The molecule has 2 aromatic carbocycles. The number of cyclic esters (lactones) is 1. The molecule has 5 rings (SSSR count). The first kappa shape index (κ1) is 22.0. The second-order valence-electron chi connectivity index (χ2n) is 8.89. The van der Waals surface area contributed by atoms with Crippen LogP contribution < -0.4 is 5.63 Å². The van der Waals surface area contributed by atoms with E-state index in [0.29, 0.717) is 43.5 Å². The van der Waals surface area contributed by atoms with Crippen molar-refractivity contribution in [3.05, 3.63) is 76.1 Å². The molecular weight excluding hydrogens is 436 g/mol. The molecule has 0 bridgehead atoms. The van der Waals surface area contributed by atoms with Crippen molar-refractivity contribution in [3.63, 3.8) is 0 Å². The molecular formula is C26H26N2O6. The van der Waals surface area contributed by atoms with Crippen LogP contribution in [0.15, 0.2) is 63.8 Å². The van der Waals surface area contributed by atoms with Gasteiger partial charge in [-0.25, -0.2) is 9.59 Å². The van der Waals surface area contributed by atoms with Gasteiger partial charge in [-0.1, -0.05) is 30.3 Å². The Labute approximate surface area is 196 Å². The Bertz CT molecular complexity index is 1260. The smallest absolute Gasteiger partial charge is 0.410 e. The Morgan fingerprint density at radius 1 is 1.03 bits per heavy atom. The summed E-state index contributed by atoms with van der Waals surface area (Å²) in [6.07, 6.45) is 1.89. The molecule has 0 saturated carbocycles. The normalized spacial score (nSPS) is 18.9. The Morgan fingerprint density at radius 2 is 1.79 bits per heavy atom. The highest BCUT2D eigenvalue weighted by Gasteiger charge is 2.39. The molecule has 2 amide bonds. The van der Waals surface area contributed by atoms with E-state index in [1.165, 1.54) is 18.2 Å². The average molecular weight is 463 g/mol. The first-order chi connectivity index (χ1) is 16.5. The number of amides is 2. The van der Waals surface area contributed by atoms with Gasteiger partial charge in [0.25, 0.3) is 0 Å². The number of phenols is 1. The number of phenolic OH excluding ortho intramolecular Hbond substituents is 1. The Morgan fingerprint density at radius 3 is 2.56 bits per heavy atom. The van der Waals surface area contributed by atoms with Crippen LogP contribution in [0, 0.1) is 0 Å². The first-order valence-electron chi connectivity index (χ1n) is 11.5. The second-order valence-corrected chi connectivity index (χ2v) is 8.89. The summed E-state index contributed by atoms with van der Waals surface area (Å²) in [4.78, 5) is 41.1. The maximum atomic E-state index is 13.0. The summed E-state index contributed by atoms with van der Waals surface area (Å²) in [5.41, 5.74) is 1.43. The number of carbonyl (C=O) groups is 2. The molecule has 34 heavy (non-hydrogen) atoms. The Kier molecular flexibility index (Phi) is 5.96. The lowest BCUT2D eigenvalue weighted by Crippen LogP contribution is -2.50. The topological polar surface area (TPSA) is 100 Å². The van der Waals surface area contributed by atoms with Gasteiger partial charge in [-0.05, 0) is 42.5 Å². The van der Waals surface area contributed by atoms with Crippen LogP contribution in [-0.2, 0) is 22.4 Å². The molecule has 2 aliphatic heterocycles. The van der Waals surface area contributed by atoms with E-state index in [4.69, 9.17) is 9.15 Å². The molecule has 1 aromatic heterocycles. The van der Waals surface area contributed by atoms with Crippen LogP contribution in [-0.4, -0.2) is 58.7 Å². The predicted octanol–water partition coefficient (Wildman–Crippen LogP) is 3.10. The van der Waals surface area contributed by atoms with Gasteiger partial charge in [0.05, 0.1) is 12.5 Å². The Hall–Kier alpha value is -3.81. The van der Waals surface area contributed by atoms with E-state index >= 15 is 0 Å². The summed E-state index contributed by atoms with van der Waals surface area (Å²) < 4.78 is 10.5. The quantitative estimate of drug-likeness (QED) is 0.585. The number of fused-ring (bicyclic) bond motifs is 1. The van der Waals surface area contributed by atoms with Crippen LogP contribution in [0.25, 0.3) is 11.0 Å². The van der Waals surface area contributed by atoms with Crippen molar-refractivity contribution in [2.75, 3.05) is 19.7 Å². The third kappa shape index (κ3) is 4.48. The largest absolute Gasteiger partial charge is 0.508 e. The van der Waals surface area contributed by atoms with Gasteiger partial charge in [0, 0.05) is 36.7 Å². The van der Waals surface area contributed by atoms with Crippen molar-refractivity contribution in [2.45, 2.75) is 37.8 Å². The summed E-state index contributed by atoms with van der Waals surface area (Å²) >= 11 is 0. The number of piperidine rings is 1. The van der Waals surface area contributed by atoms with E-state index in [0.717, 1.165) is 12.0 Å². The molecule has 2 fully saturated rings. The lowest BCUT2D eigenvalue weighted by atomic mass is 9.98. The van der Waals surface area contributed by atoms with Crippen molar-refractivity contribution in [1.82, 2.24) is 9.80 Å². The third-order valence-corrected chi connectivity index (χ3v) is 6.68. The molecule has 176 valence electrons. The number of benzene rings is 2. The van der Waals surface area contributed by atoms with Gasteiger partial charge in [0.15, 0.2) is 0 Å². The van der Waals surface area contributed by atoms with E-state index in [-0.39, 0.29) is 41.8 Å². The molecule has 8 nitrogen and oxygen atoms in total. The molecule has 0 aliphatic carbocycles. The van der Waals surface area contributed by atoms with Crippen molar-refractivity contribution < 1.29 is 23.8 Å². The summed E-state index contributed by atoms with van der Waals surface area (Å²) in [5, 5.41) is 10.3. The molecule has 0 unspecified atom stereocenters. The highest BCUT2D eigenvalue weighted by molar-refractivity contribution is 5.87. The van der Waals surface area contributed by atoms with Crippen LogP contribution in [0.4, 0.5) is 4.79 Å². The van der Waals surface area contributed by atoms with E-state index in [1.807, 2.05) is 23.1 Å². The van der Waals surface area contributed by atoms with Gasteiger partial charge >= 0.3 is 11.7 Å². The zero-order chi connectivity index (χ0) is 23.7. The fourth-order valence-electron chi connectivity index (χ4n) is 5.00. The van der Waals surface area contributed by atoms with E-state index in [9.17, 15) is 19.5 Å². The van der Waals surface area contributed by atoms with Crippen LogP contribution in [0.2, 0.25) is 0 Å². The molecule has 0 spiro atoms. The average Bonchev–Trinajstić information content (AvgIpc) is 3.19. The number of hydrogen-bond donors (Lipinski definition) is 1. The number of hydrogen-bond acceptors (Lipinski definition) is 6. The molecule has 0 radical (unpaired) electrons. The predicted molar refractivity (Wildman–Crippen MR) is 125 cm³/mol. The molecule has 2 aliphatic rings. The van der Waals surface area contributed by atoms with E-state index < -0.39 is 5.63 Å². The number of ether oxygens (including phenoxy) is 1. The minimum absolute atomic E-state index is 0.00604. The van der Waals surface area contributed by atoms with Crippen LogP contribution in [0.5, 0.6) is 5.75 Å². The number of nitrogens with zero attached hydrogens (tertiary/aromatic N) is 2. The van der Waals surface area contributed by atoms with Crippen molar-refractivity contribution in [2.24, 2.45) is 0 Å². The van der Waals surface area contributed by atoms with Gasteiger partial charge in [0.2, 0.25) is 5.91 Å². The van der Waals surface area contributed by atoms with Crippen molar-refractivity contribution in [1.29, 1.82) is 0 Å². The van der Waals surface area contributed by atoms with Gasteiger partial charge in [-0.3, -0.25) is 9.69 Å². The number of rotatable bonds is 5. The maximum Gasteiger partial charge on any atom is 0.410 e. The molecule has 1 atom stereocenters. The molecule has 2 saturated heterocycles. The monoisotopic (exact) mass is 462 g/mol. The standard InChI is InChI=1S/C26H26N2O6/c29-21-6-7-22-18(14-25(31)34-23(22)15-21)13-24(30)27-10-8-19(9-11-27)28-20(16-33-26(28)32)12-17-4-2-1-3-5-17/h1-7,14-15,19-20,29H,8-13,16H2/t20-/m1/s1. The SMILES string of the molecule is O=C(Cc1cc(=O)oc2cc(O)ccc12)N1CCC(N2C(=O)OC[C@H]2Cc2ccccc2)CC1. The Balaban J connectivity index is 1.24. The molecule has 3 heterocycles. The van der Waals surface area contributed by atoms with Crippen LogP contribution >= 0.6 is 0 Å². The fourth-order valence-corrected chi connectivity index (χ4v) is 5.00. The molecule has 1 N–H and O–H groups in total. The summed E-state index contributed by atoms with van der Waals surface area (Å²) in [5.74, 6) is -0.0875. The van der Waals surface area contributed by atoms with E-state index in [1.54, 1.807) is 11.0 Å². The van der Waals surface area contributed by atoms with Crippen molar-refractivity contribution >= 4 is 23.0 Å². The number of aromatic hydroxyl groups is 1. The van der Waals surface area contributed by atoms with Gasteiger partial charge in [-0.15, -0.1) is 0 Å². The van der Waals surface area contributed by atoms with Crippen LogP contribution in [0.3, 0.4) is 0 Å². The highest BCUT2D eigenvalue weighted by atomic mass is 16.6. The van der Waals surface area contributed by atoms with Gasteiger partial charge in [0.1, 0.15) is 17.9 Å². The second kappa shape index (κ2) is 9.21. The lowest BCUT2D eigenvalue weighted by Gasteiger charge is -2.38. The minimum Gasteiger partial charge on any atom is -0.508 e. The van der Waals surface area contributed by atoms with E-state index in [2.05, 4.69) is 12.1 Å².